The van der Waals surface area contributed by atoms with E-state index in [2.05, 4.69) is 19.7 Å². The number of phenols is 1. The van der Waals surface area contributed by atoms with Gasteiger partial charge in [0.15, 0.2) is 0 Å². The molecule has 2 heteroatoms. The normalized spacial score (nSPS) is 9.94. The van der Waals surface area contributed by atoms with Crippen molar-refractivity contribution in [2.45, 2.75) is 19.3 Å². The van der Waals surface area contributed by atoms with E-state index in [1.165, 1.54) is 0 Å². The summed E-state index contributed by atoms with van der Waals surface area (Å²) in [5.74, 6) is 0.267. The third-order valence-corrected chi connectivity index (χ3v) is 3.06. The van der Waals surface area contributed by atoms with Crippen LogP contribution >= 0.6 is 11.6 Å². The molecule has 0 fully saturated rings. The van der Waals surface area contributed by atoms with Gasteiger partial charge in [-0.15, -0.1) is 19.7 Å². The maximum atomic E-state index is 10.0. The second-order valence-electron chi connectivity index (χ2n) is 3.80. The van der Waals surface area contributed by atoms with E-state index in [1.54, 1.807) is 24.3 Å². The van der Waals surface area contributed by atoms with Crippen LogP contribution in [0.3, 0.4) is 0 Å². The molecule has 0 saturated carbocycles. The van der Waals surface area contributed by atoms with Crippen molar-refractivity contribution in [3.05, 3.63) is 65.7 Å². The zero-order valence-electron chi connectivity index (χ0n) is 9.88. The molecule has 90 valence electrons. The molecule has 0 spiro atoms. The molecule has 1 nitrogen and oxygen atoms in total. The quantitative estimate of drug-likeness (QED) is 0.747. The zero-order valence-corrected chi connectivity index (χ0v) is 10.6. The Morgan fingerprint density at radius 1 is 1.00 bits per heavy atom. The largest absolute Gasteiger partial charge is 0.508 e. The summed E-state index contributed by atoms with van der Waals surface area (Å²) in [6.45, 7) is 11.1. The van der Waals surface area contributed by atoms with Crippen LogP contribution in [0.4, 0.5) is 0 Å². The Balaban J connectivity index is 3.39. The van der Waals surface area contributed by atoms with E-state index in [-0.39, 0.29) is 5.75 Å². The van der Waals surface area contributed by atoms with Crippen LogP contribution < -0.4 is 0 Å². The van der Waals surface area contributed by atoms with Crippen molar-refractivity contribution in [2.75, 3.05) is 0 Å². The highest BCUT2D eigenvalue weighted by Crippen LogP contribution is 2.33. The van der Waals surface area contributed by atoms with Crippen molar-refractivity contribution in [1.29, 1.82) is 0 Å². The fraction of sp³-hybridized carbons (Fsp3) is 0.200. The molecular formula is C15H17ClO. The molecule has 0 unspecified atom stereocenters. The number of allylic oxidation sites excluding steroid dienone is 3. The number of rotatable bonds is 6. The predicted molar refractivity (Wildman–Crippen MR) is 74.8 cm³/mol. The Morgan fingerprint density at radius 3 is 2.06 bits per heavy atom. The lowest BCUT2D eigenvalue weighted by molar-refractivity contribution is 0.468. The molecule has 0 aliphatic carbocycles. The Labute approximate surface area is 108 Å². The minimum atomic E-state index is 0.267. The van der Waals surface area contributed by atoms with Gasteiger partial charge in [0.25, 0.3) is 0 Å². The molecule has 1 aromatic rings. The highest BCUT2D eigenvalue weighted by molar-refractivity contribution is 6.32. The molecule has 0 atom stereocenters. The van der Waals surface area contributed by atoms with Gasteiger partial charge in [-0.25, -0.2) is 0 Å². The van der Waals surface area contributed by atoms with E-state index >= 15 is 0 Å². The van der Waals surface area contributed by atoms with Crippen LogP contribution in [0.5, 0.6) is 5.75 Å². The maximum Gasteiger partial charge on any atom is 0.119 e. The summed E-state index contributed by atoms with van der Waals surface area (Å²) < 4.78 is 0. The lowest BCUT2D eigenvalue weighted by Gasteiger charge is -2.14. The Hall–Kier alpha value is -1.47. The third kappa shape index (κ3) is 3.01. The van der Waals surface area contributed by atoms with Gasteiger partial charge < -0.3 is 5.11 Å². The van der Waals surface area contributed by atoms with E-state index in [4.69, 9.17) is 11.6 Å². The first kappa shape index (κ1) is 13.6. The molecule has 0 saturated heterocycles. The van der Waals surface area contributed by atoms with Crippen LogP contribution in [0.1, 0.15) is 16.7 Å². The van der Waals surface area contributed by atoms with Crippen LogP contribution in [-0.2, 0) is 19.3 Å². The zero-order chi connectivity index (χ0) is 12.8. The molecule has 0 aliphatic heterocycles. The Bertz CT molecular complexity index is 447. The van der Waals surface area contributed by atoms with Crippen LogP contribution in [0.15, 0.2) is 44.0 Å². The van der Waals surface area contributed by atoms with Gasteiger partial charge in [0.1, 0.15) is 5.75 Å². The SMILES string of the molecule is C=CCc1cc(O)c(CC=C)c(CC=C)c1Cl. The monoisotopic (exact) mass is 248 g/mol. The van der Waals surface area contributed by atoms with Gasteiger partial charge in [0.2, 0.25) is 0 Å². The van der Waals surface area contributed by atoms with Gasteiger partial charge in [0.05, 0.1) is 0 Å². The fourth-order valence-electron chi connectivity index (χ4n) is 1.83. The Morgan fingerprint density at radius 2 is 1.53 bits per heavy atom. The molecule has 17 heavy (non-hydrogen) atoms. The lowest BCUT2D eigenvalue weighted by Crippen LogP contribution is -1.98. The van der Waals surface area contributed by atoms with Crippen molar-refractivity contribution < 1.29 is 5.11 Å². The van der Waals surface area contributed by atoms with Gasteiger partial charge in [0, 0.05) is 10.6 Å². The number of hydrogen-bond donors (Lipinski definition) is 1. The van der Waals surface area contributed by atoms with Gasteiger partial charge in [-0.05, 0) is 36.5 Å². The number of hydrogen-bond acceptors (Lipinski definition) is 1. The van der Waals surface area contributed by atoms with Crippen LogP contribution in [0.2, 0.25) is 5.02 Å². The summed E-state index contributed by atoms with van der Waals surface area (Å²) in [7, 11) is 0. The highest BCUT2D eigenvalue weighted by Gasteiger charge is 2.14. The topological polar surface area (TPSA) is 20.2 Å². The molecule has 0 radical (unpaired) electrons. The molecule has 1 rings (SSSR count). The second kappa shape index (κ2) is 6.31. The van der Waals surface area contributed by atoms with Crippen molar-refractivity contribution in [2.24, 2.45) is 0 Å². The van der Waals surface area contributed by atoms with E-state index < -0.39 is 0 Å². The van der Waals surface area contributed by atoms with E-state index in [1.807, 2.05) is 0 Å². The number of halogens is 1. The van der Waals surface area contributed by atoms with Crippen LogP contribution in [-0.4, -0.2) is 5.11 Å². The second-order valence-corrected chi connectivity index (χ2v) is 4.18. The summed E-state index contributed by atoms with van der Waals surface area (Å²) in [6.07, 6.45) is 7.19. The van der Waals surface area contributed by atoms with Crippen molar-refractivity contribution in [3.8, 4) is 5.75 Å². The van der Waals surface area contributed by atoms with E-state index in [0.717, 1.165) is 16.7 Å². The molecular weight excluding hydrogens is 232 g/mol. The van der Waals surface area contributed by atoms with Gasteiger partial charge in [-0.3, -0.25) is 0 Å². The highest BCUT2D eigenvalue weighted by atomic mass is 35.5. The maximum absolute atomic E-state index is 10.0. The first-order chi connectivity index (χ1) is 8.15. The number of aromatic hydroxyl groups is 1. The van der Waals surface area contributed by atoms with Crippen molar-refractivity contribution in [3.63, 3.8) is 0 Å². The standard InChI is InChI=1S/C15H17ClO/c1-4-7-11-10-14(17)12(8-5-2)13(9-6-3)15(11)16/h4-6,10,17H,1-3,7-9H2. The van der Waals surface area contributed by atoms with Gasteiger partial charge in [-0.2, -0.15) is 0 Å². The van der Waals surface area contributed by atoms with E-state index in [0.29, 0.717) is 24.3 Å². The average molecular weight is 249 g/mol. The summed E-state index contributed by atoms with van der Waals surface area (Å²) in [5, 5.41) is 10.7. The Kier molecular flexibility index (Phi) is 5.05. The molecule has 0 amide bonds. The fourth-order valence-corrected chi connectivity index (χ4v) is 2.15. The minimum absolute atomic E-state index is 0.267. The molecule has 0 aromatic heterocycles. The van der Waals surface area contributed by atoms with Crippen LogP contribution in [0, 0.1) is 0 Å². The third-order valence-electron chi connectivity index (χ3n) is 2.59. The van der Waals surface area contributed by atoms with E-state index in [9.17, 15) is 5.11 Å². The molecule has 0 bridgehead atoms. The summed E-state index contributed by atoms with van der Waals surface area (Å²) in [5.41, 5.74) is 2.65. The number of phenolic OH excluding ortho intramolecular Hbond substituents is 1. The van der Waals surface area contributed by atoms with Crippen molar-refractivity contribution >= 4 is 11.6 Å². The minimum Gasteiger partial charge on any atom is -0.508 e. The predicted octanol–water partition coefficient (Wildman–Crippen LogP) is 4.23. The average Bonchev–Trinajstić information content (AvgIpc) is 2.30. The smallest absolute Gasteiger partial charge is 0.119 e. The first-order valence-corrected chi connectivity index (χ1v) is 5.88. The summed E-state index contributed by atoms with van der Waals surface area (Å²) in [6, 6.07) is 1.70. The molecule has 0 aliphatic rings. The summed E-state index contributed by atoms with van der Waals surface area (Å²) in [4.78, 5) is 0. The van der Waals surface area contributed by atoms with Gasteiger partial charge >= 0.3 is 0 Å². The lowest BCUT2D eigenvalue weighted by atomic mass is 9.96. The number of benzene rings is 1. The van der Waals surface area contributed by atoms with Crippen molar-refractivity contribution in [1.82, 2.24) is 0 Å². The molecule has 1 aromatic carbocycles. The molecule has 0 heterocycles. The van der Waals surface area contributed by atoms with Crippen LogP contribution in [0.25, 0.3) is 0 Å². The van der Waals surface area contributed by atoms with Gasteiger partial charge in [-0.1, -0.05) is 29.8 Å². The molecule has 1 N–H and O–H groups in total. The summed E-state index contributed by atoms with van der Waals surface area (Å²) >= 11 is 6.34. The first-order valence-electron chi connectivity index (χ1n) is 5.50.